The molecule has 1 saturated heterocycles. The minimum atomic E-state index is -0.454. The van der Waals surface area contributed by atoms with Gasteiger partial charge >= 0.3 is 12.0 Å². The molecule has 1 N–H and O–H groups in total. The van der Waals surface area contributed by atoms with E-state index < -0.39 is 12.0 Å². The van der Waals surface area contributed by atoms with Crippen LogP contribution in [0.5, 0.6) is 0 Å². The molecule has 1 aliphatic heterocycles. The summed E-state index contributed by atoms with van der Waals surface area (Å²) in [7, 11) is 0. The van der Waals surface area contributed by atoms with E-state index in [2.05, 4.69) is 5.32 Å². The Balaban J connectivity index is 2.05. The Labute approximate surface area is 116 Å². The Bertz CT molecular complexity index is 537. The third-order valence-corrected chi connectivity index (χ3v) is 2.76. The van der Waals surface area contributed by atoms with Crippen molar-refractivity contribution in [2.45, 2.75) is 13.8 Å². The van der Waals surface area contributed by atoms with Crippen molar-refractivity contribution in [3.63, 3.8) is 0 Å². The highest BCUT2D eigenvalue weighted by Crippen LogP contribution is 2.18. The molecule has 1 aromatic carbocycles. The van der Waals surface area contributed by atoms with Gasteiger partial charge in [0.2, 0.25) is 5.91 Å². The molecular formula is C14H16N2O4. The van der Waals surface area contributed by atoms with Crippen LogP contribution in [-0.2, 0) is 9.53 Å². The Morgan fingerprint density at radius 1 is 1.30 bits per heavy atom. The van der Waals surface area contributed by atoms with Gasteiger partial charge in [0.1, 0.15) is 6.54 Å². The maximum Gasteiger partial charge on any atom is 0.338 e. The highest BCUT2D eigenvalue weighted by molar-refractivity contribution is 6.12. The second kappa shape index (κ2) is 5.73. The van der Waals surface area contributed by atoms with Crippen LogP contribution in [0.4, 0.5) is 10.5 Å². The minimum absolute atomic E-state index is 0.00399. The highest BCUT2D eigenvalue weighted by Gasteiger charge is 2.27. The highest BCUT2D eigenvalue weighted by atomic mass is 16.5. The predicted octanol–water partition coefficient (Wildman–Crippen LogP) is 1.56. The number of rotatable bonds is 4. The second-order valence-electron chi connectivity index (χ2n) is 4.98. The number of amides is 3. The molecule has 0 atom stereocenters. The Morgan fingerprint density at radius 2 is 1.95 bits per heavy atom. The lowest BCUT2D eigenvalue weighted by Crippen LogP contribution is -2.27. The molecule has 1 heterocycles. The van der Waals surface area contributed by atoms with E-state index in [4.69, 9.17) is 4.74 Å². The van der Waals surface area contributed by atoms with Crippen LogP contribution in [-0.4, -0.2) is 31.1 Å². The number of carbonyl (C=O) groups is 3. The average molecular weight is 276 g/mol. The van der Waals surface area contributed by atoms with Crippen LogP contribution in [0.15, 0.2) is 24.3 Å². The van der Waals surface area contributed by atoms with Gasteiger partial charge < -0.3 is 4.74 Å². The first-order valence-corrected chi connectivity index (χ1v) is 6.36. The number of benzene rings is 1. The molecule has 2 rings (SSSR count). The molecule has 20 heavy (non-hydrogen) atoms. The Hall–Kier alpha value is -2.37. The van der Waals surface area contributed by atoms with Gasteiger partial charge in [-0.15, -0.1) is 0 Å². The van der Waals surface area contributed by atoms with Gasteiger partial charge in [-0.3, -0.25) is 15.0 Å². The van der Waals surface area contributed by atoms with Crippen molar-refractivity contribution in [3.8, 4) is 0 Å². The first-order valence-electron chi connectivity index (χ1n) is 6.36. The molecule has 0 unspecified atom stereocenters. The summed E-state index contributed by atoms with van der Waals surface area (Å²) in [5.41, 5.74) is 0.981. The van der Waals surface area contributed by atoms with Gasteiger partial charge in [0.15, 0.2) is 0 Å². The van der Waals surface area contributed by atoms with Gasteiger partial charge in [0.05, 0.1) is 12.2 Å². The molecule has 1 aliphatic rings. The maximum absolute atomic E-state index is 11.7. The zero-order chi connectivity index (χ0) is 14.7. The fraction of sp³-hybridized carbons (Fsp3) is 0.357. The molecule has 1 aromatic rings. The van der Waals surface area contributed by atoms with E-state index in [-0.39, 0.29) is 18.4 Å². The number of hydrogen-bond acceptors (Lipinski definition) is 4. The summed E-state index contributed by atoms with van der Waals surface area (Å²) in [5.74, 6) is -0.458. The lowest BCUT2D eigenvalue weighted by Gasteiger charge is -2.13. The number of urea groups is 1. The van der Waals surface area contributed by atoms with E-state index in [1.807, 2.05) is 13.8 Å². The molecule has 3 amide bonds. The molecule has 0 saturated carbocycles. The van der Waals surface area contributed by atoms with Crippen molar-refractivity contribution in [1.29, 1.82) is 0 Å². The monoisotopic (exact) mass is 276 g/mol. The van der Waals surface area contributed by atoms with Crippen LogP contribution in [0.3, 0.4) is 0 Å². The number of nitrogens with one attached hydrogen (secondary N) is 1. The smallest absolute Gasteiger partial charge is 0.338 e. The summed E-state index contributed by atoms with van der Waals surface area (Å²) in [5, 5.41) is 2.19. The van der Waals surface area contributed by atoms with Gasteiger partial charge in [-0.2, -0.15) is 0 Å². The molecule has 6 heteroatoms. The topological polar surface area (TPSA) is 75.7 Å². The molecule has 0 radical (unpaired) electrons. The number of imide groups is 1. The molecule has 0 bridgehead atoms. The average Bonchev–Trinajstić information content (AvgIpc) is 2.75. The van der Waals surface area contributed by atoms with Crippen molar-refractivity contribution in [1.82, 2.24) is 5.32 Å². The molecule has 106 valence electrons. The second-order valence-corrected chi connectivity index (χ2v) is 4.98. The van der Waals surface area contributed by atoms with Crippen molar-refractivity contribution in [2.75, 3.05) is 18.1 Å². The molecule has 1 fully saturated rings. The lowest BCUT2D eigenvalue weighted by atomic mass is 10.2. The molecule has 0 aliphatic carbocycles. The number of esters is 1. The van der Waals surface area contributed by atoms with Crippen LogP contribution in [0.1, 0.15) is 24.2 Å². The van der Waals surface area contributed by atoms with Gasteiger partial charge in [0, 0.05) is 5.69 Å². The summed E-state index contributed by atoms with van der Waals surface area (Å²) in [4.78, 5) is 35.6. The summed E-state index contributed by atoms with van der Waals surface area (Å²) in [6, 6.07) is 5.93. The Morgan fingerprint density at radius 3 is 2.45 bits per heavy atom. The number of carbonyl (C=O) groups excluding carboxylic acids is 3. The Kier molecular flexibility index (Phi) is 4.02. The van der Waals surface area contributed by atoms with E-state index in [0.29, 0.717) is 17.9 Å². The summed E-state index contributed by atoms with van der Waals surface area (Å²) in [6.07, 6.45) is 0. The first kappa shape index (κ1) is 14.0. The van der Waals surface area contributed by atoms with Crippen molar-refractivity contribution in [2.24, 2.45) is 5.92 Å². The zero-order valence-corrected chi connectivity index (χ0v) is 11.4. The van der Waals surface area contributed by atoms with Gasteiger partial charge in [-0.25, -0.2) is 9.59 Å². The fourth-order valence-electron chi connectivity index (χ4n) is 1.75. The van der Waals surface area contributed by atoms with Crippen molar-refractivity contribution in [3.05, 3.63) is 29.8 Å². The molecule has 6 nitrogen and oxygen atoms in total. The number of nitrogens with zero attached hydrogens (tertiary/aromatic N) is 1. The van der Waals surface area contributed by atoms with Crippen LogP contribution < -0.4 is 10.2 Å². The van der Waals surface area contributed by atoms with Crippen LogP contribution >= 0.6 is 0 Å². The van der Waals surface area contributed by atoms with Crippen LogP contribution in [0.25, 0.3) is 0 Å². The summed E-state index contributed by atoms with van der Waals surface area (Å²) < 4.78 is 5.11. The standard InChI is InChI=1S/C14H16N2O4/c1-9(2)8-20-13(18)10-3-5-11(6-4-10)16-7-12(17)15-14(16)19/h3-6,9H,7-8H2,1-2H3,(H,15,17,19). The van der Waals surface area contributed by atoms with E-state index in [1.54, 1.807) is 24.3 Å². The first-order chi connectivity index (χ1) is 9.47. The maximum atomic E-state index is 11.7. The largest absolute Gasteiger partial charge is 0.462 e. The molecular weight excluding hydrogens is 260 g/mol. The third-order valence-electron chi connectivity index (χ3n) is 2.76. The van der Waals surface area contributed by atoms with E-state index in [9.17, 15) is 14.4 Å². The number of anilines is 1. The van der Waals surface area contributed by atoms with E-state index in [0.717, 1.165) is 0 Å². The van der Waals surface area contributed by atoms with Gasteiger partial charge in [-0.1, -0.05) is 13.8 Å². The van der Waals surface area contributed by atoms with E-state index >= 15 is 0 Å². The van der Waals surface area contributed by atoms with Gasteiger partial charge in [-0.05, 0) is 30.2 Å². The summed E-state index contributed by atoms with van der Waals surface area (Å²) in [6.45, 7) is 4.28. The quantitative estimate of drug-likeness (QED) is 0.669. The minimum Gasteiger partial charge on any atom is -0.462 e. The summed E-state index contributed by atoms with van der Waals surface area (Å²) >= 11 is 0. The van der Waals surface area contributed by atoms with Crippen LogP contribution in [0.2, 0.25) is 0 Å². The zero-order valence-electron chi connectivity index (χ0n) is 11.4. The molecule has 0 aromatic heterocycles. The number of ether oxygens (including phenoxy) is 1. The fourth-order valence-corrected chi connectivity index (χ4v) is 1.75. The number of hydrogen-bond donors (Lipinski definition) is 1. The van der Waals surface area contributed by atoms with Crippen molar-refractivity contribution < 1.29 is 19.1 Å². The van der Waals surface area contributed by atoms with Gasteiger partial charge in [0.25, 0.3) is 0 Å². The SMILES string of the molecule is CC(C)COC(=O)c1ccc(N2CC(=O)NC2=O)cc1. The lowest BCUT2D eigenvalue weighted by molar-refractivity contribution is -0.117. The van der Waals surface area contributed by atoms with E-state index in [1.165, 1.54) is 4.90 Å². The third kappa shape index (κ3) is 3.14. The van der Waals surface area contributed by atoms with Crippen molar-refractivity contribution >= 4 is 23.6 Å². The normalized spacial score (nSPS) is 14.7. The van der Waals surface area contributed by atoms with Crippen LogP contribution in [0, 0.1) is 5.92 Å². The predicted molar refractivity (Wildman–Crippen MR) is 72.4 cm³/mol. The molecule has 0 spiro atoms.